The summed E-state index contributed by atoms with van der Waals surface area (Å²) in [6.07, 6.45) is 4.57. The van der Waals surface area contributed by atoms with Crippen LogP contribution >= 0.6 is 0 Å². The van der Waals surface area contributed by atoms with Gasteiger partial charge >= 0.3 is 0 Å². The van der Waals surface area contributed by atoms with Crippen molar-refractivity contribution in [3.63, 3.8) is 0 Å². The molecule has 3 N–H and O–H groups in total. The largest absolute Gasteiger partial charge is 0.366 e. The zero-order chi connectivity index (χ0) is 20.3. The zero-order valence-electron chi connectivity index (χ0n) is 15.0. The highest BCUT2D eigenvalue weighted by Gasteiger charge is 2.21. The van der Waals surface area contributed by atoms with E-state index in [2.05, 4.69) is 20.3 Å². The molecule has 0 fully saturated rings. The van der Waals surface area contributed by atoms with Gasteiger partial charge in [0.15, 0.2) is 17.5 Å². The summed E-state index contributed by atoms with van der Waals surface area (Å²) in [6, 6.07) is 2.11. The average molecular weight is 389 g/mol. The van der Waals surface area contributed by atoms with E-state index in [-0.39, 0.29) is 28.0 Å². The lowest BCUT2D eigenvalue weighted by atomic mass is 10.00. The van der Waals surface area contributed by atoms with Gasteiger partial charge in [0.2, 0.25) is 0 Å². The van der Waals surface area contributed by atoms with Crippen LogP contribution in [0, 0.1) is 17.5 Å². The van der Waals surface area contributed by atoms with Crippen LogP contribution in [0.25, 0.3) is 11.0 Å². The smallest absolute Gasteiger partial charge is 0.251 e. The van der Waals surface area contributed by atoms with Gasteiger partial charge in [-0.15, -0.1) is 0 Å². The normalized spacial score (nSPS) is 12.1. The number of primary amides is 1. The van der Waals surface area contributed by atoms with E-state index >= 15 is 0 Å². The van der Waals surface area contributed by atoms with Crippen LogP contribution in [0.2, 0.25) is 0 Å². The second-order valence-electron chi connectivity index (χ2n) is 6.27. The van der Waals surface area contributed by atoms with Crippen molar-refractivity contribution in [2.75, 3.05) is 5.32 Å². The topological polar surface area (TPSA) is 93.8 Å². The molecule has 0 spiro atoms. The standard InChI is InChI=1S/C19H18F3N5O/c1-2-3-4-15(11-7-13(21)14(22)8-12(11)20)27-19-17-16(25-9-26-19)10(18(23)28)5-6-24-17/h5-9,15H,2-4H2,1H3,(H2,23,28)(H,25,26,27)/t15-/m1/s1. The third kappa shape index (κ3) is 3.88. The van der Waals surface area contributed by atoms with Gasteiger partial charge in [0.1, 0.15) is 23.2 Å². The Morgan fingerprint density at radius 1 is 1.11 bits per heavy atom. The van der Waals surface area contributed by atoms with Crippen LogP contribution in [0.5, 0.6) is 0 Å². The predicted octanol–water partition coefficient (Wildman–Crippen LogP) is 3.88. The van der Waals surface area contributed by atoms with Gasteiger partial charge in [-0.05, 0) is 18.6 Å². The maximum Gasteiger partial charge on any atom is 0.251 e. The number of hydrogen-bond acceptors (Lipinski definition) is 5. The second kappa shape index (κ2) is 8.20. The van der Waals surface area contributed by atoms with Crippen molar-refractivity contribution in [2.24, 2.45) is 5.73 Å². The summed E-state index contributed by atoms with van der Waals surface area (Å²) in [7, 11) is 0. The Hall–Kier alpha value is -3.23. The molecule has 1 atom stereocenters. The molecule has 3 aromatic rings. The van der Waals surface area contributed by atoms with Crippen molar-refractivity contribution >= 4 is 22.8 Å². The fourth-order valence-corrected chi connectivity index (χ4v) is 2.95. The highest BCUT2D eigenvalue weighted by atomic mass is 19.2. The van der Waals surface area contributed by atoms with Crippen molar-refractivity contribution in [1.82, 2.24) is 15.0 Å². The summed E-state index contributed by atoms with van der Waals surface area (Å²) in [5.74, 6) is -3.70. The molecule has 9 heteroatoms. The van der Waals surface area contributed by atoms with Gasteiger partial charge in [0.05, 0.1) is 11.6 Å². The molecule has 146 valence electrons. The van der Waals surface area contributed by atoms with Gasteiger partial charge < -0.3 is 11.1 Å². The van der Waals surface area contributed by atoms with Gasteiger partial charge in [-0.1, -0.05) is 19.8 Å². The van der Waals surface area contributed by atoms with Crippen molar-refractivity contribution < 1.29 is 18.0 Å². The number of unbranched alkanes of at least 4 members (excludes halogenated alkanes) is 1. The first kappa shape index (κ1) is 19.5. The molecular weight excluding hydrogens is 371 g/mol. The Labute approximate surface area is 159 Å². The molecule has 1 aromatic carbocycles. The summed E-state index contributed by atoms with van der Waals surface area (Å²) in [5.41, 5.74) is 6.02. The van der Waals surface area contributed by atoms with E-state index < -0.39 is 29.4 Å². The molecule has 0 aliphatic heterocycles. The lowest BCUT2D eigenvalue weighted by molar-refractivity contribution is 0.100. The van der Waals surface area contributed by atoms with E-state index in [0.717, 1.165) is 12.5 Å². The number of carbonyl (C=O) groups excluding carboxylic acids is 1. The van der Waals surface area contributed by atoms with E-state index in [1.807, 2.05) is 6.92 Å². The molecule has 6 nitrogen and oxygen atoms in total. The number of nitrogens with zero attached hydrogens (tertiary/aromatic N) is 3. The number of halogens is 3. The van der Waals surface area contributed by atoms with Crippen LogP contribution in [0.15, 0.2) is 30.7 Å². The third-order valence-corrected chi connectivity index (χ3v) is 4.36. The molecule has 1 amide bonds. The maximum atomic E-state index is 14.3. The highest BCUT2D eigenvalue weighted by molar-refractivity contribution is 6.05. The van der Waals surface area contributed by atoms with Crippen molar-refractivity contribution in [2.45, 2.75) is 32.2 Å². The average Bonchev–Trinajstić information content (AvgIpc) is 2.67. The van der Waals surface area contributed by atoms with E-state index in [4.69, 9.17) is 5.73 Å². The first-order chi connectivity index (χ1) is 13.4. The Bertz CT molecular complexity index is 1030. The molecular formula is C19H18F3N5O. The van der Waals surface area contributed by atoms with Crippen molar-refractivity contribution in [3.8, 4) is 0 Å². The minimum Gasteiger partial charge on any atom is -0.366 e. The molecule has 0 saturated heterocycles. The minimum absolute atomic E-state index is 0.0230. The van der Waals surface area contributed by atoms with E-state index in [1.165, 1.54) is 18.6 Å². The number of pyridine rings is 1. The van der Waals surface area contributed by atoms with Crippen LogP contribution < -0.4 is 11.1 Å². The maximum absolute atomic E-state index is 14.3. The van der Waals surface area contributed by atoms with Gasteiger partial charge in [0, 0.05) is 17.8 Å². The van der Waals surface area contributed by atoms with Gasteiger partial charge in [-0.2, -0.15) is 0 Å². The number of anilines is 1. The van der Waals surface area contributed by atoms with E-state index in [9.17, 15) is 18.0 Å². The Kier molecular flexibility index (Phi) is 5.72. The number of nitrogens with two attached hydrogens (primary N) is 1. The quantitative estimate of drug-likeness (QED) is 0.598. The van der Waals surface area contributed by atoms with Gasteiger partial charge in [-0.3, -0.25) is 9.78 Å². The van der Waals surface area contributed by atoms with Crippen molar-refractivity contribution in [1.29, 1.82) is 0 Å². The van der Waals surface area contributed by atoms with Crippen LogP contribution in [0.3, 0.4) is 0 Å². The van der Waals surface area contributed by atoms with Crippen LogP contribution in [0.4, 0.5) is 19.0 Å². The number of nitrogens with one attached hydrogen (secondary N) is 1. The van der Waals surface area contributed by atoms with Crippen LogP contribution in [0.1, 0.15) is 48.1 Å². The summed E-state index contributed by atoms with van der Waals surface area (Å²) >= 11 is 0. The molecule has 0 bridgehead atoms. The van der Waals surface area contributed by atoms with Crippen LogP contribution in [-0.4, -0.2) is 20.9 Å². The zero-order valence-corrected chi connectivity index (χ0v) is 15.0. The summed E-state index contributed by atoms with van der Waals surface area (Å²) in [4.78, 5) is 24.0. The highest BCUT2D eigenvalue weighted by Crippen LogP contribution is 2.30. The molecule has 28 heavy (non-hydrogen) atoms. The molecule has 3 rings (SSSR count). The minimum atomic E-state index is -1.25. The number of benzene rings is 1. The lowest BCUT2D eigenvalue weighted by Gasteiger charge is -2.21. The molecule has 0 saturated carbocycles. The fourth-order valence-electron chi connectivity index (χ4n) is 2.95. The third-order valence-electron chi connectivity index (χ3n) is 4.36. The molecule has 2 aromatic heterocycles. The van der Waals surface area contributed by atoms with Gasteiger partial charge in [0.25, 0.3) is 5.91 Å². The molecule has 0 aliphatic rings. The fraction of sp³-hybridized carbons (Fsp3) is 0.263. The number of amides is 1. The van der Waals surface area contributed by atoms with Crippen LogP contribution in [-0.2, 0) is 0 Å². The van der Waals surface area contributed by atoms with Gasteiger partial charge in [-0.25, -0.2) is 23.1 Å². The summed E-state index contributed by atoms with van der Waals surface area (Å²) in [5, 5.41) is 3.03. The second-order valence-corrected chi connectivity index (χ2v) is 6.27. The molecule has 0 radical (unpaired) electrons. The Balaban J connectivity index is 2.06. The van der Waals surface area contributed by atoms with E-state index in [1.54, 1.807) is 0 Å². The number of fused-ring (bicyclic) bond motifs is 1. The summed E-state index contributed by atoms with van der Waals surface area (Å²) in [6.45, 7) is 1.96. The number of rotatable bonds is 7. The monoisotopic (exact) mass is 389 g/mol. The first-order valence-electron chi connectivity index (χ1n) is 8.72. The predicted molar refractivity (Wildman–Crippen MR) is 98.1 cm³/mol. The summed E-state index contributed by atoms with van der Waals surface area (Å²) < 4.78 is 41.4. The number of carbonyl (C=O) groups is 1. The lowest BCUT2D eigenvalue weighted by Crippen LogP contribution is -2.16. The Morgan fingerprint density at radius 3 is 2.57 bits per heavy atom. The Morgan fingerprint density at radius 2 is 1.86 bits per heavy atom. The van der Waals surface area contributed by atoms with Crippen molar-refractivity contribution in [3.05, 3.63) is 59.3 Å². The van der Waals surface area contributed by atoms with E-state index in [0.29, 0.717) is 18.9 Å². The molecule has 2 heterocycles. The number of hydrogen-bond donors (Lipinski definition) is 2. The SMILES string of the molecule is CCCC[C@@H](Nc1ncnc2c(C(N)=O)ccnc12)c1cc(F)c(F)cc1F. The molecule has 0 aliphatic carbocycles. The first-order valence-corrected chi connectivity index (χ1v) is 8.72. The molecule has 0 unspecified atom stereocenters. The number of aromatic nitrogens is 3.